The third-order valence-corrected chi connectivity index (χ3v) is 3.37. The maximum absolute atomic E-state index is 5.32. The second-order valence-electron chi connectivity index (χ2n) is 4.20. The molecule has 1 rings (SSSR count). The first kappa shape index (κ1) is 23.1. The monoisotopic (exact) mass is 402 g/mol. The first-order chi connectivity index (χ1) is 9.22. The van der Waals surface area contributed by atoms with Gasteiger partial charge < -0.3 is 20.1 Å². The van der Waals surface area contributed by atoms with Gasteiger partial charge in [-0.15, -0.1) is 24.8 Å². The van der Waals surface area contributed by atoms with Crippen molar-refractivity contribution in [2.24, 2.45) is 0 Å². The zero-order chi connectivity index (χ0) is 14.1. The third-order valence-electron chi connectivity index (χ3n) is 2.78. The van der Waals surface area contributed by atoms with Gasteiger partial charge in [-0.25, -0.2) is 0 Å². The van der Waals surface area contributed by atoms with Gasteiger partial charge in [0.15, 0.2) is 11.5 Å². The predicted octanol–water partition coefficient (Wildman–Crippen LogP) is 3.40. The molecule has 0 amide bonds. The molecule has 1 aromatic rings. The smallest absolute Gasteiger partial charge is 0.174 e. The van der Waals surface area contributed by atoms with Crippen molar-refractivity contribution in [1.82, 2.24) is 10.6 Å². The Bertz CT molecular complexity index is 395. The summed E-state index contributed by atoms with van der Waals surface area (Å²) >= 11 is 3.50. The Labute approximate surface area is 148 Å². The molecular weight excluding hydrogens is 379 g/mol. The van der Waals surface area contributed by atoms with Crippen LogP contribution in [0.4, 0.5) is 0 Å². The zero-order valence-electron chi connectivity index (χ0n) is 12.7. The largest absolute Gasteiger partial charge is 0.493 e. The van der Waals surface area contributed by atoms with E-state index >= 15 is 0 Å². The van der Waals surface area contributed by atoms with Crippen molar-refractivity contribution >= 4 is 40.7 Å². The molecule has 21 heavy (non-hydrogen) atoms. The van der Waals surface area contributed by atoms with E-state index in [4.69, 9.17) is 9.47 Å². The van der Waals surface area contributed by atoms with Gasteiger partial charge >= 0.3 is 0 Å². The van der Waals surface area contributed by atoms with Crippen molar-refractivity contribution in [3.8, 4) is 11.5 Å². The van der Waals surface area contributed by atoms with E-state index in [0.717, 1.165) is 48.6 Å². The maximum atomic E-state index is 5.32. The molecule has 0 fully saturated rings. The minimum atomic E-state index is 0. The summed E-state index contributed by atoms with van der Waals surface area (Å²) in [7, 11) is 3.29. The van der Waals surface area contributed by atoms with Crippen LogP contribution in [0.25, 0.3) is 0 Å². The molecule has 0 saturated carbocycles. The lowest BCUT2D eigenvalue weighted by Gasteiger charge is -2.12. The van der Waals surface area contributed by atoms with Gasteiger partial charge in [0, 0.05) is 6.54 Å². The summed E-state index contributed by atoms with van der Waals surface area (Å²) in [6, 6.07) is 4.06. The van der Waals surface area contributed by atoms with Crippen LogP contribution in [0.15, 0.2) is 16.6 Å². The lowest BCUT2D eigenvalue weighted by molar-refractivity contribution is 0.352. The number of hydrogen-bond acceptors (Lipinski definition) is 4. The number of halogens is 3. The summed E-state index contributed by atoms with van der Waals surface area (Å²) in [5.41, 5.74) is 1.17. The first-order valence-corrected chi connectivity index (χ1v) is 7.34. The van der Waals surface area contributed by atoms with Gasteiger partial charge in [-0.2, -0.15) is 0 Å². The van der Waals surface area contributed by atoms with Crippen molar-refractivity contribution in [2.75, 3.05) is 33.9 Å². The van der Waals surface area contributed by atoms with Gasteiger partial charge in [0.05, 0.1) is 18.7 Å². The van der Waals surface area contributed by atoms with E-state index in [-0.39, 0.29) is 24.8 Å². The Morgan fingerprint density at radius 1 is 1.05 bits per heavy atom. The number of benzene rings is 1. The average molecular weight is 404 g/mol. The van der Waals surface area contributed by atoms with Crippen molar-refractivity contribution in [3.63, 3.8) is 0 Å². The van der Waals surface area contributed by atoms with Crippen LogP contribution in [0.5, 0.6) is 11.5 Å². The normalized spacial score (nSPS) is 9.52. The van der Waals surface area contributed by atoms with E-state index in [9.17, 15) is 0 Å². The third kappa shape index (κ3) is 8.12. The van der Waals surface area contributed by atoms with Crippen LogP contribution in [0.1, 0.15) is 18.9 Å². The minimum absolute atomic E-state index is 0. The number of methoxy groups -OCH3 is 2. The van der Waals surface area contributed by atoms with E-state index in [2.05, 4.69) is 39.6 Å². The molecule has 124 valence electrons. The first-order valence-electron chi connectivity index (χ1n) is 6.54. The van der Waals surface area contributed by atoms with Crippen LogP contribution < -0.4 is 20.1 Å². The molecule has 1 aromatic carbocycles. The zero-order valence-corrected chi connectivity index (χ0v) is 15.9. The molecule has 0 radical (unpaired) electrons. The molecule has 0 spiro atoms. The van der Waals surface area contributed by atoms with Crippen LogP contribution in [-0.2, 0) is 6.54 Å². The molecule has 0 aromatic heterocycles. The van der Waals surface area contributed by atoms with Gasteiger partial charge in [-0.3, -0.25) is 0 Å². The summed E-state index contributed by atoms with van der Waals surface area (Å²) in [6.07, 6.45) is 1.13. The van der Waals surface area contributed by atoms with Crippen LogP contribution in [-0.4, -0.2) is 33.9 Å². The van der Waals surface area contributed by atoms with Crippen LogP contribution in [0.3, 0.4) is 0 Å². The van der Waals surface area contributed by atoms with E-state index in [1.54, 1.807) is 14.2 Å². The number of ether oxygens (including phenoxy) is 2. The van der Waals surface area contributed by atoms with Gasteiger partial charge in [-0.1, -0.05) is 6.92 Å². The molecule has 0 atom stereocenters. The van der Waals surface area contributed by atoms with Crippen molar-refractivity contribution in [2.45, 2.75) is 19.9 Å². The SMILES string of the molecule is CCNCCCNCc1cc(Br)c(OC)c(OC)c1.Cl.Cl. The molecule has 0 aliphatic carbocycles. The van der Waals surface area contributed by atoms with E-state index in [1.165, 1.54) is 5.56 Å². The highest BCUT2D eigenvalue weighted by Crippen LogP contribution is 2.36. The second kappa shape index (κ2) is 13.5. The summed E-state index contributed by atoms with van der Waals surface area (Å²) in [4.78, 5) is 0. The number of nitrogens with one attached hydrogen (secondary N) is 2. The fourth-order valence-electron chi connectivity index (χ4n) is 1.82. The van der Waals surface area contributed by atoms with Crippen molar-refractivity contribution in [1.29, 1.82) is 0 Å². The molecule has 0 aliphatic rings. The second-order valence-corrected chi connectivity index (χ2v) is 5.05. The summed E-state index contributed by atoms with van der Waals surface area (Å²) < 4.78 is 11.5. The summed E-state index contributed by atoms with van der Waals surface area (Å²) in [5, 5.41) is 6.72. The van der Waals surface area contributed by atoms with Gasteiger partial charge in [0.2, 0.25) is 0 Å². The molecule has 0 aliphatic heterocycles. The predicted molar refractivity (Wildman–Crippen MR) is 96.6 cm³/mol. The van der Waals surface area contributed by atoms with Crippen LogP contribution in [0, 0.1) is 0 Å². The van der Waals surface area contributed by atoms with Crippen molar-refractivity contribution in [3.05, 3.63) is 22.2 Å². The molecule has 0 saturated heterocycles. The van der Waals surface area contributed by atoms with Gasteiger partial charge in [-0.05, 0) is 59.7 Å². The minimum Gasteiger partial charge on any atom is -0.493 e. The Balaban J connectivity index is 0. The quantitative estimate of drug-likeness (QED) is 0.620. The molecular formula is C14H25BrCl2N2O2. The van der Waals surface area contributed by atoms with Gasteiger partial charge in [0.1, 0.15) is 0 Å². The molecule has 4 nitrogen and oxygen atoms in total. The highest BCUT2D eigenvalue weighted by molar-refractivity contribution is 9.10. The maximum Gasteiger partial charge on any atom is 0.174 e. The molecule has 0 bridgehead atoms. The summed E-state index contributed by atoms with van der Waals surface area (Å²) in [6.45, 7) is 6.03. The fraction of sp³-hybridized carbons (Fsp3) is 0.571. The Morgan fingerprint density at radius 2 is 1.71 bits per heavy atom. The standard InChI is InChI=1S/C14H23BrN2O2.2ClH/c1-4-16-6-5-7-17-10-11-8-12(15)14(19-3)13(9-11)18-2;;/h8-9,16-17H,4-7,10H2,1-3H3;2*1H. The Morgan fingerprint density at radius 3 is 2.29 bits per heavy atom. The number of rotatable bonds is 9. The number of hydrogen-bond donors (Lipinski definition) is 2. The highest BCUT2D eigenvalue weighted by Gasteiger charge is 2.10. The average Bonchev–Trinajstić information content (AvgIpc) is 2.42. The van der Waals surface area contributed by atoms with E-state index in [0.29, 0.717) is 0 Å². The van der Waals surface area contributed by atoms with Crippen molar-refractivity contribution < 1.29 is 9.47 Å². The fourth-order valence-corrected chi connectivity index (χ4v) is 2.47. The molecule has 0 unspecified atom stereocenters. The molecule has 0 heterocycles. The van der Waals surface area contributed by atoms with E-state index in [1.807, 2.05) is 6.07 Å². The lowest BCUT2D eigenvalue weighted by Crippen LogP contribution is -2.21. The topological polar surface area (TPSA) is 42.5 Å². The van der Waals surface area contributed by atoms with Gasteiger partial charge in [0.25, 0.3) is 0 Å². The Kier molecular flexibility index (Phi) is 14.8. The Hall–Kier alpha value is -0.200. The van der Waals surface area contributed by atoms with Crippen LogP contribution in [0.2, 0.25) is 0 Å². The summed E-state index contributed by atoms with van der Waals surface area (Å²) in [5.74, 6) is 1.49. The van der Waals surface area contributed by atoms with E-state index < -0.39 is 0 Å². The highest BCUT2D eigenvalue weighted by atomic mass is 79.9. The van der Waals surface area contributed by atoms with Crippen LogP contribution >= 0.6 is 40.7 Å². The molecule has 2 N–H and O–H groups in total. The lowest BCUT2D eigenvalue weighted by atomic mass is 10.2. The molecule has 7 heteroatoms.